The maximum Gasteiger partial charge on any atom is 0.225 e. The molecule has 1 unspecified atom stereocenters. The number of carbonyl (C=O) groups is 1. The van der Waals surface area contributed by atoms with Gasteiger partial charge in [0.1, 0.15) is 0 Å². The Morgan fingerprint density at radius 3 is 2.85 bits per heavy atom. The number of fused-ring (bicyclic) bond motifs is 1. The zero-order valence-electron chi connectivity index (χ0n) is 16.5. The summed E-state index contributed by atoms with van der Waals surface area (Å²) in [5.41, 5.74) is 2.06. The predicted molar refractivity (Wildman–Crippen MR) is 121 cm³/mol. The van der Waals surface area contributed by atoms with E-state index in [-0.39, 0.29) is 35.8 Å². The van der Waals surface area contributed by atoms with Gasteiger partial charge in [-0.25, -0.2) is 0 Å². The van der Waals surface area contributed by atoms with Crippen LogP contribution in [-0.2, 0) is 9.53 Å². The van der Waals surface area contributed by atoms with Crippen molar-refractivity contribution in [1.29, 1.82) is 0 Å². The van der Waals surface area contributed by atoms with E-state index < -0.39 is 0 Å². The molecule has 1 aromatic rings. The molecule has 0 aromatic heterocycles. The molecule has 1 aliphatic rings. The van der Waals surface area contributed by atoms with E-state index in [1.54, 1.807) is 7.11 Å². The van der Waals surface area contributed by atoms with Gasteiger partial charge in [0.05, 0.1) is 13.2 Å². The van der Waals surface area contributed by atoms with Crippen LogP contribution in [0.4, 0.5) is 5.69 Å². The molecule has 8 heteroatoms. The number of hydrogen-bond donors (Lipinski definition) is 3. The molecule has 1 atom stereocenters. The zero-order valence-corrected chi connectivity index (χ0v) is 18.8. The summed E-state index contributed by atoms with van der Waals surface area (Å²) >= 11 is 0. The van der Waals surface area contributed by atoms with Crippen molar-refractivity contribution in [2.45, 2.75) is 19.3 Å². The van der Waals surface area contributed by atoms with Crippen LogP contribution in [0, 0.1) is 0 Å². The maximum absolute atomic E-state index is 11.9. The van der Waals surface area contributed by atoms with Gasteiger partial charge in [0.2, 0.25) is 5.91 Å². The molecule has 1 aromatic carbocycles. The van der Waals surface area contributed by atoms with E-state index in [1.165, 1.54) is 0 Å². The van der Waals surface area contributed by atoms with Crippen molar-refractivity contribution in [3.63, 3.8) is 0 Å². The summed E-state index contributed by atoms with van der Waals surface area (Å²) in [5.74, 6) is 0.956. The van der Waals surface area contributed by atoms with Crippen LogP contribution in [0.5, 0.6) is 0 Å². The number of halogens is 1. The van der Waals surface area contributed by atoms with E-state index in [0.29, 0.717) is 13.0 Å². The van der Waals surface area contributed by atoms with Crippen LogP contribution in [0.25, 0.3) is 0 Å². The number of aliphatic imine (C=N–C) groups is 1. The molecule has 0 spiro atoms. The lowest BCUT2D eigenvalue weighted by Crippen LogP contribution is -2.41. The highest BCUT2D eigenvalue weighted by Gasteiger charge is 2.24. The third-order valence-corrected chi connectivity index (χ3v) is 4.38. The number of nitrogens with one attached hydrogen (secondary N) is 3. The molecule has 27 heavy (non-hydrogen) atoms. The Hall–Kier alpha value is -1.39. The quantitative estimate of drug-likeness (QED) is 0.281. The molecule has 2 rings (SSSR count). The molecule has 1 heterocycles. The molecule has 152 valence electrons. The number of rotatable bonds is 9. The first-order chi connectivity index (χ1) is 12.6. The summed E-state index contributed by atoms with van der Waals surface area (Å²) in [7, 11) is 3.79. The first-order valence-electron chi connectivity index (χ1n) is 9.22. The van der Waals surface area contributed by atoms with Gasteiger partial charge in [-0.15, -0.1) is 24.0 Å². The third-order valence-electron chi connectivity index (χ3n) is 4.38. The van der Waals surface area contributed by atoms with E-state index in [0.717, 1.165) is 50.0 Å². The summed E-state index contributed by atoms with van der Waals surface area (Å²) < 4.78 is 5.09. The largest absolute Gasteiger partial charge is 0.383 e. The van der Waals surface area contributed by atoms with Gasteiger partial charge >= 0.3 is 0 Å². The SMILES string of the molecule is CCNC(=NCC1CC(=O)Nc2ccccc21)NCCN(C)CCOC.I. The fourth-order valence-electron chi connectivity index (χ4n) is 2.93. The van der Waals surface area contributed by atoms with Gasteiger partial charge in [-0.3, -0.25) is 9.79 Å². The molecule has 0 aliphatic carbocycles. The van der Waals surface area contributed by atoms with Crippen LogP contribution in [0.1, 0.15) is 24.8 Å². The van der Waals surface area contributed by atoms with Crippen LogP contribution < -0.4 is 16.0 Å². The highest BCUT2D eigenvalue weighted by atomic mass is 127. The van der Waals surface area contributed by atoms with Gasteiger partial charge in [0.25, 0.3) is 0 Å². The number of methoxy groups -OCH3 is 1. The second kappa shape index (κ2) is 12.9. The van der Waals surface area contributed by atoms with Crippen molar-refractivity contribution in [3.05, 3.63) is 29.8 Å². The van der Waals surface area contributed by atoms with Crippen molar-refractivity contribution in [1.82, 2.24) is 15.5 Å². The Kier molecular flexibility index (Phi) is 11.3. The lowest BCUT2D eigenvalue weighted by molar-refractivity contribution is -0.116. The Labute approximate surface area is 179 Å². The number of carbonyl (C=O) groups excluding carboxylic acids is 1. The maximum atomic E-state index is 11.9. The summed E-state index contributed by atoms with van der Waals surface area (Å²) in [6, 6.07) is 7.96. The van der Waals surface area contributed by atoms with Crippen molar-refractivity contribution in [3.8, 4) is 0 Å². The molecule has 0 saturated carbocycles. The fraction of sp³-hybridized carbons (Fsp3) is 0.579. The van der Waals surface area contributed by atoms with E-state index in [1.807, 2.05) is 25.1 Å². The average molecular weight is 489 g/mol. The highest BCUT2D eigenvalue weighted by molar-refractivity contribution is 14.0. The lowest BCUT2D eigenvalue weighted by Gasteiger charge is -2.24. The molecule has 0 bridgehead atoms. The Balaban J connectivity index is 0.00000364. The monoisotopic (exact) mass is 489 g/mol. The van der Waals surface area contributed by atoms with Crippen molar-refractivity contribution < 1.29 is 9.53 Å². The van der Waals surface area contributed by atoms with Crippen LogP contribution >= 0.6 is 24.0 Å². The first kappa shape index (κ1) is 23.6. The number of benzene rings is 1. The number of ether oxygens (including phenoxy) is 1. The zero-order chi connectivity index (χ0) is 18.8. The topological polar surface area (TPSA) is 78.0 Å². The second-order valence-electron chi connectivity index (χ2n) is 6.48. The lowest BCUT2D eigenvalue weighted by atomic mass is 9.91. The smallest absolute Gasteiger partial charge is 0.225 e. The minimum Gasteiger partial charge on any atom is -0.383 e. The molecule has 0 saturated heterocycles. The molecular weight excluding hydrogens is 457 g/mol. The van der Waals surface area contributed by atoms with Gasteiger partial charge < -0.3 is 25.6 Å². The van der Waals surface area contributed by atoms with Crippen LogP contribution in [0.15, 0.2) is 29.3 Å². The number of nitrogens with zero attached hydrogens (tertiary/aromatic N) is 2. The van der Waals surface area contributed by atoms with Gasteiger partial charge in [-0.2, -0.15) is 0 Å². The number of guanidine groups is 1. The molecule has 3 N–H and O–H groups in total. The van der Waals surface area contributed by atoms with E-state index in [2.05, 4.69) is 34.0 Å². The minimum absolute atomic E-state index is 0. The van der Waals surface area contributed by atoms with Gasteiger partial charge in [0, 0.05) is 51.3 Å². The molecule has 1 aliphatic heterocycles. The van der Waals surface area contributed by atoms with Crippen molar-refractivity contribution in [2.75, 3.05) is 58.8 Å². The Morgan fingerprint density at radius 2 is 2.11 bits per heavy atom. The standard InChI is InChI=1S/C19H31N5O2.HI/c1-4-20-19(21-9-10-24(2)11-12-26-3)22-14-15-13-18(25)23-17-8-6-5-7-16(15)17;/h5-8,15H,4,9-14H2,1-3H3,(H,23,25)(H2,20,21,22);1H. The summed E-state index contributed by atoms with van der Waals surface area (Å²) in [6.07, 6.45) is 0.472. The van der Waals surface area contributed by atoms with Crippen LogP contribution in [0.2, 0.25) is 0 Å². The van der Waals surface area contributed by atoms with Gasteiger partial charge in [-0.1, -0.05) is 18.2 Å². The number of hydrogen-bond acceptors (Lipinski definition) is 4. The second-order valence-corrected chi connectivity index (χ2v) is 6.48. The van der Waals surface area contributed by atoms with E-state index in [4.69, 9.17) is 9.73 Å². The Morgan fingerprint density at radius 1 is 1.33 bits per heavy atom. The van der Waals surface area contributed by atoms with Gasteiger partial charge in [-0.05, 0) is 25.6 Å². The summed E-state index contributed by atoms with van der Waals surface area (Å²) in [5, 5.41) is 9.56. The van der Waals surface area contributed by atoms with Crippen LogP contribution in [-0.4, -0.2) is 70.3 Å². The molecule has 0 radical (unpaired) electrons. The van der Waals surface area contributed by atoms with Crippen molar-refractivity contribution >= 4 is 41.5 Å². The molecule has 0 fully saturated rings. The molecule has 7 nitrogen and oxygen atoms in total. The number of para-hydroxylation sites is 1. The highest BCUT2D eigenvalue weighted by Crippen LogP contribution is 2.31. The van der Waals surface area contributed by atoms with E-state index in [9.17, 15) is 4.79 Å². The molecule has 1 amide bonds. The predicted octanol–water partition coefficient (Wildman–Crippen LogP) is 1.86. The number of anilines is 1. The van der Waals surface area contributed by atoms with Crippen LogP contribution in [0.3, 0.4) is 0 Å². The Bertz CT molecular complexity index is 612. The summed E-state index contributed by atoms with van der Waals surface area (Å²) in [6.45, 7) is 6.77. The first-order valence-corrected chi connectivity index (χ1v) is 9.22. The number of amides is 1. The normalized spacial score (nSPS) is 16.4. The third kappa shape index (κ3) is 8.02. The van der Waals surface area contributed by atoms with Crippen molar-refractivity contribution in [2.24, 2.45) is 4.99 Å². The number of likely N-dealkylation sites (N-methyl/N-ethyl adjacent to an activating group) is 1. The van der Waals surface area contributed by atoms with E-state index >= 15 is 0 Å². The minimum atomic E-state index is 0. The fourth-order valence-corrected chi connectivity index (χ4v) is 2.93. The molecular formula is C19H32IN5O2. The van der Waals surface area contributed by atoms with Gasteiger partial charge in [0.15, 0.2) is 5.96 Å². The average Bonchev–Trinajstić information content (AvgIpc) is 2.64. The summed E-state index contributed by atoms with van der Waals surface area (Å²) in [4.78, 5) is 18.8.